The number of methoxy groups -OCH3 is 1. The van der Waals surface area contributed by atoms with E-state index in [2.05, 4.69) is 4.98 Å². The van der Waals surface area contributed by atoms with Gasteiger partial charge in [0.2, 0.25) is 5.88 Å². The fourth-order valence-electron chi connectivity index (χ4n) is 1.08. The molecule has 0 bridgehead atoms. The molecule has 0 aliphatic carbocycles. The molecule has 0 aromatic carbocycles. The van der Waals surface area contributed by atoms with Crippen LogP contribution in [0.1, 0.15) is 17.3 Å². The van der Waals surface area contributed by atoms with E-state index in [9.17, 15) is 4.79 Å². The number of hydrogen-bond acceptors (Lipinski definition) is 4. The first-order chi connectivity index (χ1) is 6.56. The van der Waals surface area contributed by atoms with Gasteiger partial charge >= 0.3 is 5.97 Å². The summed E-state index contributed by atoms with van der Waals surface area (Å²) >= 11 is 0. The summed E-state index contributed by atoms with van der Waals surface area (Å²) in [5, 5.41) is 8.72. The number of rotatable bonds is 3. The predicted octanol–water partition coefficient (Wildman–Crippen LogP) is 0.483. The summed E-state index contributed by atoms with van der Waals surface area (Å²) in [7, 11) is 1.43. The number of nitrogens with zero attached hydrogens (tertiary/aromatic N) is 1. The fraction of sp³-hybridized carbons (Fsp3) is 0.333. The van der Waals surface area contributed by atoms with Crippen molar-refractivity contribution in [1.82, 2.24) is 4.98 Å². The van der Waals surface area contributed by atoms with Crippen LogP contribution in [0.3, 0.4) is 0 Å². The van der Waals surface area contributed by atoms with Crippen LogP contribution < -0.4 is 10.5 Å². The van der Waals surface area contributed by atoms with E-state index >= 15 is 0 Å². The molecular weight excluding hydrogens is 184 g/mol. The average Bonchev–Trinajstić information content (AvgIpc) is 2.16. The van der Waals surface area contributed by atoms with Crippen LogP contribution in [0.25, 0.3) is 0 Å². The number of aryl methyl sites for hydroxylation is 1. The molecule has 1 rings (SSSR count). The smallest absolute Gasteiger partial charge is 0.325 e. The van der Waals surface area contributed by atoms with Crippen molar-refractivity contribution >= 4 is 5.97 Å². The summed E-state index contributed by atoms with van der Waals surface area (Å²) in [5.74, 6) is -0.839. The van der Waals surface area contributed by atoms with Gasteiger partial charge in [0.25, 0.3) is 0 Å². The lowest BCUT2D eigenvalue weighted by Gasteiger charge is -2.11. The standard InChI is InChI=1S/C9H12N2O3/c1-5-3-4-6(7(10)9(12)13)8(11-5)14-2/h3-4,7H,10H2,1-2H3,(H,12,13). The van der Waals surface area contributed by atoms with Gasteiger partial charge in [0.05, 0.1) is 7.11 Å². The quantitative estimate of drug-likeness (QED) is 0.734. The molecule has 0 amide bonds. The Kier molecular flexibility index (Phi) is 3.03. The van der Waals surface area contributed by atoms with Crippen molar-refractivity contribution in [2.45, 2.75) is 13.0 Å². The van der Waals surface area contributed by atoms with Gasteiger partial charge in [0.1, 0.15) is 6.04 Å². The first-order valence-corrected chi connectivity index (χ1v) is 4.06. The number of carboxylic acid groups (broad SMARTS) is 1. The molecule has 0 fully saturated rings. The normalized spacial score (nSPS) is 12.2. The van der Waals surface area contributed by atoms with E-state index in [-0.39, 0.29) is 5.88 Å². The first-order valence-electron chi connectivity index (χ1n) is 4.06. The van der Waals surface area contributed by atoms with Gasteiger partial charge in [-0.1, -0.05) is 0 Å². The lowest BCUT2D eigenvalue weighted by molar-refractivity contribution is -0.138. The highest BCUT2D eigenvalue weighted by molar-refractivity contribution is 5.76. The zero-order chi connectivity index (χ0) is 10.7. The van der Waals surface area contributed by atoms with E-state index in [1.54, 1.807) is 19.1 Å². The monoisotopic (exact) mass is 196 g/mol. The van der Waals surface area contributed by atoms with Gasteiger partial charge in [0, 0.05) is 11.3 Å². The molecule has 1 heterocycles. The van der Waals surface area contributed by atoms with Crippen molar-refractivity contribution in [2.75, 3.05) is 7.11 Å². The Labute approximate surface area is 81.5 Å². The van der Waals surface area contributed by atoms with E-state index in [0.717, 1.165) is 5.69 Å². The minimum absolute atomic E-state index is 0.264. The number of carbonyl (C=O) groups is 1. The van der Waals surface area contributed by atoms with Crippen molar-refractivity contribution in [3.05, 3.63) is 23.4 Å². The van der Waals surface area contributed by atoms with Crippen LogP contribution in [0.2, 0.25) is 0 Å². The van der Waals surface area contributed by atoms with Gasteiger partial charge < -0.3 is 15.6 Å². The van der Waals surface area contributed by atoms with Crippen molar-refractivity contribution in [3.8, 4) is 5.88 Å². The highest BCUT2D eigenvalue weighted by atomic mass is 16.5. The number of carboxylic acids is 1. The second-order valence-electron chi connectivity index (χ2n) is 2.87. The highest BCUT2D eigenvalue weighted by Gasteiger charge is 2.19. The number of aromatic nitrogens is 1. The molecule has 14 heavy (non-hydrogen) atoms. The van der Waals surface area contributed by atoms with E-state index in [4.69, 9.17) is 15.6 Å². The number of pyridine rings is 1. The third kappa shape index (κ3) is 2.00. The molecule has 5 heteroatoms. The van der Waals surface area contributed by atoms with Gasteiger partial charge in [-0.3, -0.25) is 4.79 Å². The van der Waals surface area contributed by atoms with Crippen LogP contribution in [0.4, 0.5) is 0 Å². The Morgan fingerprint density at radius 2 is 2.29 bits per heavy atom. The maximum atomic E-state index is 10.6. The number of nitrogens with two attached hydrogens (primary N) is 1. The molecule has 1 aromatic rings. The Hall–Kier alpha value is -1.62. The number of aliphatic carboxylic acids is 1. The Bertz CT molecular complexity index is 352. The summed E-state index contributed by atoms with van der Waals surface area (Å²) in [5.41, 5.74) is 6.58. The fourth-order valence-corrected chi connectivity index (χ4v) is 1.08. The second-order valence-corrected chi connectivity index (χ2v) is 2.87. The minimum atomic E-state index is -1.10. The van der Waals surface area contributed by atoms with E-state index < -0.39 is 12.0 Å². The molecule has 1 unspecified atom stereocenters. The molecule has 0 spiro atoms. The summed E-state index contributed by atoms with van der Waals surface area (Å²) < 4.78 is 4.94. The van der Waals surface area contributed by atoms with Crippen LogP contribution in [0, 0.1) is 6.92 Å². The molecule has 1 aromatic heterocycles. The Balaban J connectivity index is 3.13. The Morgan fingerprint density at radius 1 is 1.64 bits per heavy atom. The molecule has 5 nitrogen and oxygen atoms in total. The molecule has 0 saturated heterocycles. The maximum absolute atomic E-state index is 10.6. The molecule has 0 aliphatic heterocycles. The van der Waals surface area contributed by atoms with Crippen LogP contribution in [-0.4, -0.2) is 23.2 Å². The van der Waals surface area contributed by atoms with Gasteiger partial charge in [-0.2, -0.15) is 0 Å². The lowest BCUT2D eigenvalue weighted by atomic mass is 10.1. The van der Waals surface area contributed by atoms with Crippen LogP contribution in [-0.2, 0) is 4.79 Å². The first kappa shape index (κ1) is 10.5. The summed E-state index contributed by atoms with van der Waals surface area (Å²) in [6.45, 7) is 1.79. The molecule has 0 saturated carbocycles. The molecule has 0 radical (unpaired) electrons. The second kappa shape index (κ2) is 4.06. The third-order valence-electron chi connectivity index (χ3n) is 1.82. The van der Waals surface area contributed by atoms with Crippen LogP contribution in [0.15, 0.2) is 12.1 Å². The van der Waals surface area contributed by atoms with Crippen LogP contribution in [0.5, 0.6) is 5.88 Å². The summed E-state index contributed by atoms with van der Waals surface area (Å²) in [4.78, 5) is 14.7. The molecule has 1 atom stereocenters. The third-order valence-corrected chi connectivity index (χ3v) is 1.82. The highest BCUT2D eigenvalue weighted by Crippen LogP contribution is 2.21. The van der Waals surface area contributed by atoms with E-state index in [1.807, 2.05) is 0 Å². The van der Waals surface area contributed by atoms with Crippen molar-refractivity contribution in [3.63, 3.8) is 0 Å². The van der Waals surface area contributed by atoms with E-state index in [1.165, 1.54) is 7.11 Å². The largest absolute Gasteiger partial charge is 0.481 e. The zero-order valence-electron chi connectivity index (χ0n) is 8.02. The molecule has 3 N–H and O–H groups in total. The Morgan fingerprint density at radius 3 is 2.79 bits per heavy atom. The number of hydrogen-bond donors (Lipinski definition) is 2. The summed E-state index contributed by atoms with van der Waals surface area (Å²) in [6.07, 6.45) is 0. The molecule has 0 aliphatic rings. The van der Waals surface area contributed by atoms with Crippen molar-refractivity contribution in [1.29, 1.82) is 0 Å². The van der Waals surface area contributed by atoms with Gasteiger partial charge in [0.15, 0.2) is 0 Å². The van der Waals surface area contributed by atoms with Gasteiger partial charge in [-0.05, 0) is 19.1 Å². The lowest BCUT2D eigenvalue weighted by Crippen LogP contribution is -2.21. The van der Waals surface area contributed by atoms with Crippen LogP contribution >= 0.6 is 0 Å². The average molecular weight is 196 g/mol. The molecule has 76 valence electrons. The van der Waals surface area contributed by atoms with Crippen molar-refractivity contribution in [2.24, 2.45) is 5.73 Å². The maximum Gasteiger partial charge on any atom is 0.325 e. The van der Waals surface area contributed by atoms with Crippen molar-refractivity contribution < 1.29 is 14.6 Å². The number of ether oxygens (including phenoxy) is 1. The van der Waals surface area contributed by atoms with Gasteiger partial charge in [-0.25, -0.2) is 4.98 Å². The zero-order valence-corrected chi connectivity index (χ0v) is 8.02. The SMILES string of the molecule is COc1nc(C)ccc1C(N)C(=O)O. The molecular formula is C9H12N2O3. The van der Waals surface area contributed by atoms with Gasteiger partial charge in [-0.15, -0.1) is 0 Å². The predicted molar refractivity (Wildman–Crippen MR) is 50.1 cm³/mol. The topological polar surface area (TPSA) is 85.4 Å². The van der Waals surface area contributed by atoms with E-state index in [0.29, 0.717) is 5.56 Å². The minimum Gasteiger partial charge on any atom is -0.481 e. The summed E-state index contributed by atoms with van der Waals surface area (Å²) in [6, 6.07) is 2.21.